The monoisotopic (exact) mass is 396 g/mol. The van der Waals surface area contributed by atoms with Crippen molar-refractivity contribution in [1.29, 1.82) is 0 Å². The van der Waals surface area contributed by atoms with Crippen LogP contribution in [0, 0.1) is 10.1 Å². The normalized spacial score (nSPS) is 12.6. The Kier molecular flexibility index (Phi) is 6.64. The van der Waals surface area contributed by atoms with E-state index in [1.54, 1.807) is 62.3 Å². The number of nitroso groups, excluding NO2 is 1. The van der Waals surface area contributed by atoms with Crippen molar-refractivity contribution in [1.82, 2.24) is 0 Å². The smallest absolute Gasteiger partial charge is 0.302 e. The van der Waals surface area contributed by atoms with Crippen LogP contribution in [0.5, 0.6) is 11.5 Å². The van der Waals surface area contributed by atoms with E-state index in [0.717, 1.165) is 9.82 Å². The molecule has 0 N–H and O–H groups in total. The summed E-state index contributed by atoms with van der Waals surface area (Å²) in [6.07, 6.45) is 0. The zero-order chi connectivity index (χ0) is 22.2. The standard InChI is InChI=1S/C20H34N3O5/c1-18(2,3)21(24)13-12-14(22(25)19(4,5)6)17(28-11)15(16(13)27-10)23(26)20(7,8)9/h12H,1-11H3. The van der Waals surface area contributed by atoms with Gasteiger partial charge in [-0.15, -0.1) is 0 Å². The number of anilines is 2. The Labute approximate surface area is 168 Å². The molecule has 0 saturated heterocycles. The van der Waals surface area contributed by atoms with E-state index in [9.17, 15) is 15.3 Å². The van der Waals surface area contributed by atoms with Crippen LogP contribution in [0.1, 0.15) is 62.3 Å². The number of hydrogen-bond acceptors (Lipinski definition) is 6. The van der Waals surface area contributed by atoms with Crippen molar-refractivity contribution >= 4 is 17.1 Å². The van der Waals surface area contributed by atoms with E-state index in [-0.39, 0.29) is 28.6 Å². The molecule has 8 heteroatoms. The summed E-state index contributed by atoms with van der Waals surface area (Å²) in [6.45, 7) is 15.6. The molecular weight excluding hydrogens is 362 g/mol. The maximum Gasteiger partial charge on any atom is 0.302 e. The first-order valence-electron chi connectivity index (χ1n) is 9.19. The van der Waals surface area contributed by atoms with Crippen LogP contribution in [-0.4, -0.2) is 35.6 Å². The quantitative estimate of drug-likeness (QED) is 0.516. The van der Waals surface area contributed by atoms with Crippen LogP contribution < -0.4 is 19.6 Å². The number of rotatable bonds is 5. The van der Waals surface area contributed by atoms with Gasteiger partial charge in [0.1, 0.15) is 0 Å². The van der Waals surface area contributed by atoms with Crippen molar-refractivity contribution < 1.29 is 19.4 Å². The van der Waals surface area contributed by atoms with Gasteiger partial charge in [-0.1, -0.05) is 5.21 Å². The topological polar surface area (TPSA) is 88.0 Å². The minimum Gasteiger partial charge on any atom is -0.758 e. The van der Waals surface area contributed by atoms with Crippen LogP contribution in [0.2, 0.25) is 0 Å². The first kappa shape index (κ1) is 24.0. The average molecular weight is 397 g/mol. The lowest BCUT2D eigenvalue weighted by atomic mass is 10.0. The molecule has 159 valence electrons. The molecule has 0 aliphatic carbocycles. The second-order valence-corrected chi connectivity index (χ2v) is 9.73. The van der Waals surface area contributed by atoms with Crippen LogP contribution in [-0.2, 0) is 5.21 Å². The van der Waals surface area contributed by atoms with E-state index in [0.29, 0.717) is 5.06 Å². The van der Waals surface area contributed by atoms with Gasteiger partial charge in [0.25, 0.3) is 0 Å². The van der Waals surface area contributed by atoms with Crippen LogP contribution in [0.25, 0.3) is 0 Å². The predicted octanol–water partition coefficient (Wildman–Crippen LogP) is 4.97. The highest BCUT2D eigenvalue weighted by Gasteiger charge is 2.41. The second-order valence-electron chi connectivity index (χ2n) is 9.73. The Morgan fingerprint density at radius 2 is 1.36 bits per heavy atom. The molecule has 0 bridgehead atoms. The number of benzene rings is 1. The molecule has 28 heavy (non-hydrogen) atoms. The van der Waals surface area contributed by atoms with Gasteiger partial charge in [0.2, 0.25) is 11.3 Å². The third-order valence-corrected chi connectivity index (χ3v) is 4.05. The van der Waals surface area contributed by atoms with Crippen molar-refractivity contribution in [2.24, 2.45) is 0 Å². The van der Waals surface area contributed by atoms with Crippen LogP contribution in [0.3, 0.4) is 0 Å². The van der Waals surface area contributed by atoms with E-state index in [4.69, 9.17) is 9.47 Å². The molecule has 8 nitrogen and oxygen atoms in total. The molecule has 0 amide bonds. The van der Waals surface area contributed by atoms with E-state index in [1.165, 1.54) is 20.3 Å². The summed E-state index contributed by atoms with van der Waals surface area (Å²) in [5.41, 5.74) is -2.29. The first-order chi connectivity index (χ1) is 12.5. The molecule has 0 heterocycles. The van der Waals surface area contributed by atoms with Crippen LogP contribution in [0.15, 0.2) is 6.07 Å². The zero-order valence-corrected chi connectivity index (χ0v) is 19.0. The van der Waals surface area contributed by atoms with Gasteiger partial charge in [-0.2, -0.15) is 0 Å². The highest BCUT2D eigenvalue weighted by atomic mass is 16.5. The van der Waals surface area contributed by atoms with Gasteiger partial charge >= 0.3 is 5.69 Å². The Bertz CT molecular complexity index is 727. The van der Waals surface area contributed by atoms with Crippen molar-refractivity contribution in [3.63, 3.8) is 0 Å². The van der Waals surface area contributed by atoms with Gasteiger partial charge in [-0.25, -0.2) is 5.06 Å². The minimum atomic E-state index is -0.860. The largest absolute Gasteiger partial charge is 0.758 e. The third kappa shape index (κ3) is 4.67. The Morgan fingerprint density at radius 3 is 1.68 bits per heavy atom. The molecule has 1 radical (unpaired) electrons. The average Bonchev–Trinajstić information content (AvgIpc) is 2.55. The summed E-state index contributed by atoms with van der Waals surface area (Å²) >= 11 is 0. The van der Waals surface area contributed by atoms with Crippen molar-refractivity contribution in [2.45, 2.75) is 78.9 Å². The Hall–Kier alpha value is -2.06. The van der Waals surface area contributed by atoms with E-state index >= 15 is 0 Å². The lowest BCUT2D eigenvalue weighted by molar-refractivity contribution is -0.540. The number of nitrogens with zero attached hydrogens (tertiary/aromatic N) is 3. The van der Waals surface area contributed by atoms with Crippen molar-refractivity contribution in [3.05, 3.63) is 16.2 Å². The van der Waals surface area contributed by atoms with E-state index < -0.39 is 16.6 Å². The fourth-order valence-electron chi connectivity index (χ4n) is 2.55. The Balaban J connectivity index is 4.07. The molecule has 0 atom stereocenters. The van der Waals surface area contributed by atoms with Gasteiger partial charge in [0, 0.05) is 42.0 Å². The summed E-state index contributed by atoms with van der Waals surface area (Å²) in [5.74, 6) is 0.135. The fourth-order valence-corrected chi connectivity index (χ4v) is 2.55. The van der Waals surface area contributed by atoms with Crippen molar-refractivity contribution in [3.8, 4) is 11.5 Å². The van der Waals surface area contributed by atoms with E-state index in [1.807, 2.05) is 0 Å². The molecule has 1 aromatic carbocycles. The zero-order valence-electron chi connectivity index (χ0n) is 19.0. The SMILES string of the molecule is COc1c(N([O-])C(C)(C)C)cc([N+](=O)C(C)(C)C)c(OC)c1N([O])C(C)(C)C. The summed E-state index contributed by atoms with van der Waals surface area (Å²) in [4.78, 5) is 13.0. The maximum absolute atomic E-state index is 13.2. The summed E-state index contributed by atoms with van der Waals surface area (Å²) in [6, 6.07) is 1.42. The first-order valence-corrected chi connectivity index (χ1v) is 9.19. The molecule has 1 aromatic rings. The molecule has 0 fully saturated rings. The summed E-state index contributed by atoms with van der Waals surface area (Å²) in [7, 11) is 2.76. The van der Waals surface area contributed by atoms with Gasteiger partial charge in [0.15, 0.2) is 11.4 Å². The number of hydrogen-bond donors (Lipinski definition) is 0. The van der Waals surface area contributed by atoms with Crippen molar-refractivity contribution in [2.75, 3.05) is 24.3 Å². The highest BCUT2D eigenvalue weighted by Crippen LogP contribution is 2.52. The molecule has 0 unspecified atom stereocenters. The molecule has 0 aromatic heterocycles. The van der Waals surface area contributed by atoms with Crippen LogP contribution in [0.4, 0.5) is 17.1 Å². The van der Waals surface area contributed by atoms with Gasteiger partial charge in [-0.3, -0.25) is 0 Å². The molecule has 0 spiro atoms. The summed E-state index contributed by atoms with van der Waals surface area (Å²) < 4.78 is 11.7. The number of methoxy groups -OCH3 is 2. The molecule has 0 aliphatic heterocycles. The maximum atomic E-state index is 13.2. The van der Waals surface area contributed by atoms with Gasteiger partial charge in [0.05, 0.1) is 25.4 Å². The fraction of sp³-hybridized carbons (Fsp3) is 0.700. The lowest BCUT2D eigenvalue weighted by Gasteiger charge is -2.44. The van der Waals surface area contributed by atoms with E-state index in [2.05, 4.69) is 0 Å². The number of ether oxygens (including phenoxy) is 2. The predicted molar refractivity (Wildman–Crippen MR) is 111 cm³/mol. The molecule has 1 rings (SSSR count). The molecular formula is C20H34N3O5. The molecule has 0 saturated carbocycles. The lowest BCUT2D eigenvalue weighted by Crippen LogP contribution is -2.40. The van der Waals surface area contributed by atoms with Gasteiger partial charge in [-0.05, 0) is 41.5 Å². The Morgan fingerprint density at radius 1 is 0.893 bits per heavy atom. The number of hydroxylamine groups is 2. The second kappa shape index (κ2) is 7.75. The third-order valence-electron chi connectivity index (χ3n) is 4.05. The van der Waals surface area contributed by atoms with Gasteiger partial charge < -0.3 is 19.7 Å². The highest BCUT2D eigenvalue weighted by molar-refractivity contribution is 5.84. The minimum absolute atomic E-state index is 0.0141. The summed E-state index contributed by atoms with van der Waals surface area (Å²) in [5, 5.41) is 27.7. The molecule has 0 aliphatic rings. The van der Waals surface area contributed by atoms with Crippen LogP contribution >= 0.6 is 0 Å².